The predicted molar refractivity (Wildman–Crippen MR) is 82.0 cm³/mol. The van der Waals surface area contributed by atoms with Gasteiger partial charge in [0, 0.05) is 10.0 Å². The molecule has 0 heterocycles. The largest absolute Gasteiger partial charge is 0.390 e. The number of benzene rings is 2. The Morgan fingerprint density at radius 3 is 2.42 bits per heavy atom. The van der Waals surface area contributed by atoms with E-state index in [1.165, 1.54) is 0 Å². The van der Waals surface area contributed by atoms with Crippen molar-refractivity contribution < 1.29 is 4.84 Å². The van der Waals surface area contributed by atoms with Gasteiger partial charge in [0.05, 0.1) is 0 Å². The summed E-state index contributed by atoms with van der Waals surface area (Å²) in [6.07, 6.45) is 4.64. The van der Waals surface area contributed by atoms with E-state index in [4.69, 9.17) is 4.84 Å². The minimum atomic E-state index is 0.431. The highest BCUT2D eigenvalue weighted by molar-refractivity contribution is 9.10. The van der Waals surface area contributed by atoms with Gasteiger partial charge in [-0.2, -0.15) is 0 Å². The van der Waals surface area contributed by atoms with Crippen LogP contribution in [0.4, 0.5) is 0 Å². The molecule has 0 bridgehead atoms. The molecule has 0 amide bonds. The Hall–Kier alpha value is -1.87. The van der Waals surface area contributed by atoms with E-state index in [9.17, 15) is 0 Å². The molecule has 2 aromatic rings. The topological polar surface area (TPSA) is 21.6 Å². The van der Waals surface area contributed by atoms with Crippen molar-refractivity contribution in [1.29, 1.82) is 0 Å². The third-order valence-corrected chi connectivity index (χ3v) is 3.06. The Kier molecular flexibility index (Phi) is 4.93. The van der Waals surface area contributed by atoms with Gasteiger partial charge in [0.2, 0.25) is 0 Å². The fraction of sp³-hybridized carbons (Fsp3) is 0.0625. The van der Waals surface area contributed by atoms with Crippen molar-refractivity contribution in [3.63, 3.8) is 0 Å². The zero-order chi connectivity index (χ0) is 13.5. The summed E-state index contributed by atoms with van der Waals surface area (Å²) in [5, 5.41) is 3.82. The molecule has 0 atom stereocenters. The summed E-state index contributed by atoms with van der Waals surface area (Å²) in [5.74, 6) is 0. The molecule has 0 aliphatic rings. The van der Waals surface area contributed by atoms with Gasteiger partial charge in [0.15, 0.2) is 0 Å². The van der Waals surface area contributed by atoms with Gasteiger partial charge in [-0.1, -0.05) is 70.1 Å². The van der Waals surface area contributed by atoms with E-state index in [1.807, 2.05) is 54.6 Å². The molecule has 0 saturated heterocycles. The Morgan fingerprint density at radius 1 is 1.11 bits per heavy atom. The smallest absolute Gasteiger partial charge is 0.142 e. The Balaban J connectivity index is 1.85. The molecule has 2 aromatic carbocycles. The van der Waals surface area contributed by atoms with Gasteiger partial charge in [0.25, 0.3) is 0 Å². The summed E-state index contributed by atoms with van der Waals surface area (Å²) in [6, 6.07) is 15.7. The zero-order valence-electron chi connectivity index (χ0n) is 10.3. The van der Waals surface area contributed by atoms with Gasteiger partial charge in [0.1, 0.15) is 12.8 Å². The maximum absolute atomic E-state index is 5.20. The van der Waals surface area contributed by atoms with E-state index in [1.54, 1.807) is 0 Å². The quantitative estimate of drug-likeness (QED) is 0.587. The maximum atomic E-state index is 5.20. The molecule has 2 nitrogen and oxygen atoms in total. The second kappa shape index (κ2) is 6.90. The van der Waals surface area contributed by atoms with Crippen molar-refractivity contribution >= 4 is 28.2 Å². The summed E-state index contributed by atoms with van der Waals surface area (Å²) in [7, 11) is 0. The lowest BCUT2D eigenvalue weighted by molar-refractivity contribution is 0.132. The van der Waals surface area contributed by atoms with Crippen LogP contribution in [0.5, 0.6) is 0 Å². The Morgan fingerprint density at radius 2 is 1.79 bits per heavy atom. The highest BCUT2D eigenvalue weighted by Gasteiger charge is 1.93. The number of hydrogen-bond acceptors (Lipinski definition) is 2. The summed E-state index contributed by atoms with van der Waals surface area (Å²) >= 11 is 3.37. The molecule has 0 spiro atoms. The van der Waals surface area contributed by atoms with E-state index in [0.29, 0.717) is 6.61 Å². The Bertz CT molecular complexity index is 558. The molecule has 2 rings (SSSR count). The molecule has 0 saturated carbocycles. The zero-order valence-corrected chi connectivity index (χ0v) is 11.9. The lowest BCUT2D eigenvalue weighted by Gasteiger charge is -2.00. The summed E-state index contributed by atoms with van der Waals surface area (Å²) in [6.45, 7) is 4.14. The first-order valence-electron chi connectivity index (χ1n) is 5.83. The first-order valence-corrected chi connectivity index (χ1v) is 6.62. The van der Waals surface area contributed by atoms with E-state index < -0.39 is 0 Å². The first kappa shape index (κ1) is 13.6. The average molecular weight is 315 g/mol. The van der Waals surface area contributed by atoms with Crippen molar-refractivity contribution in [3.8, 4) is 0 Å². The highest BCUT2D eigenvalue weighted by atomic mass is 79.9. The number of hydrogen-bond donors (Lipinski definition) is 0. The summed E-state index contributed by atoms with van der Waals surface area (Å²) in [5.41, 5.74) is 3.03. The van der Waals surface area contributed by atoms with Crippen LogP contribution in [-0.4, -0.2) is 6.21 Å². The van der Waals surface area contributed by atoms with Crippen LogP contribution in [0.2, 0.25) is 0 Å². The minimum Gasteiger partial charge on any atom is -0.390 e. The van der Waals surface area contributed by atoms with Crippen molar-refractivity contribution in [3.05, 3.63) is 76.3 Å². The van der Waals surface area contributed by atoms with Gasteiger partial charge >= 0.3 is 0 Å². The second-order valence-corrected chi connectivity index (χ2v) is 4.84. The van der Waals surface area contributed by atoms with Gasteiger partial charge in [-0.05, 0) is 23.3 Å². The van der Waals surface area contributed by atoms with Crippen molar-refractivity contribution in [1.82, 2.24) is 0 Å². The standard InChI is InChI=1S/C16H13BrNO/c1-2-13-3-5-15(6-4-13)12-19-18-11-14-7-9-16(17)10-8-14/h2-10H,1,12H2. The van der Waals surface area contributed by atoms with Crippen molar-refractivity contribution in [2.75, 3.05) is 0 Å². The minimum absolute atomic E-state index is 0.431. The first-order chi connectivity index (χ1) is 9.28. The lowest BCUT2D eigenvalue weighted by atomic mass is 10.1. The van der Waals surface area contributed by atoms with Crippen molar-refractivity contribution in [2.24, 2.45) is 5.16 Å². The van der Waals surface area contributed by atoms with Gasteiger partial charge < -0.3 is 4.84 Å². The third kappa shape index (κ3) is 4.38. The monoisotopic (exact) mass is 314 g/mol. The third-order valence-electron chi connectivity index (χ3n) is 2.53. The normalized spacial score (nSPS) is 10.6. The fourth-order valence-corrected chi connectivity index (χ4v) is 1.73. The highest BCUT2D eigenvalue weighted by Crippen LogP contribution is 2.09. The molecule has 0 N–H and O–H groups in total. The van der Waals surface area contributed by atoms with Gasteiger partial charge in [-0.25, -0.2) is 0 Å². The van der Waals surface area contributed by atoms with Gasteiger partial charge in [-0.3, -0.25) is 0 Å². The van der Waals surface area contributed by atoms with E-state index in [2.05, 4.69) is 33.9 Å². The SMILES string of the molecule is C=Cc1ccc(CO/N=[C]\c2ccc(Br)cc2)cc1. The molecule has 0 unspecified atom stereocenters. The molecule has 95 valence electrons. The number of nitrogens with zero attached hydrogens (tertiary/aromatic N) is 1. The maximum Gasteiger partial charge on any atom is 0.142 e. The van der Waals surface area contributed by atoms with E-state index in [-0.39, 0.29) is 0 Å². The van der Waals surface area contributed by atoms with Crippen LogP contribution in [0.25, 0.3) is 6.08 Å². The molecule has 1 radical (unpaired) electrons. The molecule has 0 fully saturated rings. The molecule has 3 heteroatoms. The summed E-state index contributed by atoms with van der Waals surface area (Å²) in [4.78, 5) is 5.20. The van der Waals surface area contributed by atoms with Crippen LogP contribution in [0, 0.1) is 0 Å². The van der Waals surface area contributed by atoms with Gasteiger partial charge in [-0.15, -0.1) is 0 Å². The fourth-order valence-electron chi connectivity index (χ4n) is 1.47. The Labute approximate surface area is 121 Å². The van der Waals surface area contributed by atoms with E-state index in [0.717, 1.165) is 21.2 Å². The molecule has 0 aliphatic heterocycles. The van der Waals surface area contributed by atoms with Crippen LogP contribution in [0.15, 0.2) is 64.7 Å². The summed E-state index contributed by atoms with van der Waals surface area (Å²) < 4.78 is 1.03. The van der Waals surface area contributed by atoms with Crippen LogP contribution >= 0.6 is 15.9 Å². The van der Waals surface area contributed by atoms with E-state index >= 15 is 0 Å². The lowest BCUT2D eigenvalue weighted by Crippen LogP contribution is -1.88. The average Bonchev–Trinajstić information content (AvgIpc) is 2.46. The number of halogens is 1. The van der Waals surface area contributed by atoms with Crippen molar-refractivity contribution in [2.45, 2.75) is 6.61 Å². The molecule has 0 aliphatic carbocycles. The van der Waals surface area contributed by atoms with Crippen LogP contribution in [0.3, 0.4) is 0 Å². The van der Waals surface area contributed by atoms with Crippen LogP contribution in [-0.2, 0) is 11.4 Å². The molecule has 19 heavy (non-hydrogen) atoms. The molecular formula is C16H13BrNO. The van der Waals surface area contributed by atoms with Crippen LogP contribution < -0.4 is 0 Å². The predicted octanol–water partition coefficient (Wildman–Crippen LogP) is 4.52. The number of rotatable bonds is 5. The molecule has 0 aromatic heterocycles. The molecular weight excluding hydrogens is 302 g/mol. The second-order valence-electron chi connectivity index (χ2n) is 3.93. The van der Waals surface area contributed by atoms with Crippen LogP contribution in [0.1, 0.15) is 16.7 Å².